The van der Waals surface area contributed by atoms with Crippen molar-refractivity contribution in [2.24, 2.45) is 11.8 Å². The summed E-state index contributed by atoms with van der Waals surface area (Å²) < 4.78 is 28.9. The fourth-order valence-electron chi connectivity index (χ4n) is 3.79. The van der Waals surface area contributed by atoms with Gasteiger partial charge in [-0.1, -0.05) is 19.9 Å². The van der Waals surface area contributed by atoms with E-state index < -0.39 is 9.84 Å². The number of amides is 1. The maximum atomic E-state index is 12.8. The maximum Gasteiger partial charge on any atom is 0.239 e. The van der Waals surface area contributed by atoms with E-state index in [0.717, 1.165) is 26.1 Å². The van der Waals surface area contributed by atoms with E-state index in [4.69, 9.17) is 4.74 Å². The lowest BCUT2D eigenvalue weighted by atomic mass is 9.91. The lowest BCUT2D eigenvalue weighted by Gasteiger charge is -2.38. The number of ether oxygens (including phenoxy) is 1. The van der Waals surface area contributed by atoms with E-state index in [2.05, 4.69) is 18.7 Å². The molecule has 3 unspecified atom stereocenters. The van der Waals surface area contributed by atoms with E-state index >= 15 is 0 Å². The molecule has 2 rings (SSSR count). The Kier molecular flexibility index (Phi) is 7.89. The quantitative estimate of drug-likeness (QED) is 0.617. The first-order valence-electron chi connectivity index (χ1n) is 10.00. The van der Waals surface area contributed by atoms with Gasteiger partial charge in [-0.05, 0) is 56.8 Å². The van der Waals surface area contributed by atoms with E-state index in [1.807, 2.05) is 18.9 Å². The minimum Gasteiger partial charge on any atom is -0.494 e. The molecule has 0 aromatic heterocycles. The van der Waals surface area contributed by atoms with Gasteiger partial charge in [-0.15, -0.1) is 0 Å². The molecule has 0 bridgehead atoms. The van der Waals surface area contributed by atoms with Crippen molar-refractivity contribution < 1.29 is 17.9 Å². The molecule has 1 amide bonds. The fraction of sp³-hybridized carbons (Fsp3) is 0.667. The Morgan fingerprint density at radius 3 is 2.54 bits per heavy atom. The van der Waals surface area contributed by atoms with Crippen molar-refractivity contribution in [1.29, 1.82) is 0 Å². The highest BCUT2D eigenvalue weighted by atomic mass is 32.2. The smallest absolute Gasteiger partial charge is 0.239 e. The number of benzene rings is 1. The van der Waals surface area contributed by atoms with Crippen LogP contribution in [-0.2, 0) is 14.6 Å². The van der Waals surface area contributed by atoms with Crippen LogP contribution in [0.2, 0.25) is 0 Å². The van der Waals surface area contributed by atoms with Crippen LogP contribution in [-0.4, -0.2) is 69.7 Å². The summed E-state index contributed by atoms with van der Waals surface area (Å²) in [7, 11) is -1.28. The van der Waals surface area contributed by atoms with Gasteiger partial charge in [-0.3, -0.25) is 9.69 Å². The molecule has 0 saturated carbocycles. The highest BCUT2D eigenvalue weighted by molar-refractivity contribution is 7.90. The molecule has 1 saturated heterocycles. The van der Waals surface area contributed by atoms with Gasteiger partial charge in [-0.25, -0.2) is 8.42 Å². The Hall–Kier alpha value is -1.60. The number of likely N-dealkylation sites (tertiary alicyclic amines) is 1. The number of hydrogen-bond acceptors (Lipinski definition) is 5. The number of piperidine rings is 1. The Labute approximate surface area is 169 Å². The predicted molar refractivity (Wildman–Crippen MR) is 111 cm³/mol. The van der Waals surface area contributed by atoms with Gasteiger partial charge < -0.3 is 9.64 Å². The molecule has 1 aromatic carbocycles. The van der Waals surface area contributed by atoms with E-state index in [9.17, 15) is 13.2 Å². The number of sulfone groups is 1. The van der Waals surface area contributed by atoms with E-state index in [1.54, 1.807) is 24.3 Å². The molecular weight excluding hydrogens is 376 g/mol. The van der Waals surface area contributed by atoms with Gasteiger partial charge in [0.05, 0.1) is 17.5 Å². The Bertz CT molecular complexity index is 755. The first kappa shape index (κ1) is 22.7. The first-order valence-corrected chi connectivity index (χ1v) is 11.9. The van der Waals surface area contributed by atoms with E-state index in [1.165, 1.54) is 12.7 Å². The van der Waals surface area contributed by atoms with Crippen molar-refractivity contribution in [3.63, 3.8) is 0 Å². The molecule has 28 heavy (non-hydrogen) atoms. The van der Waals surface area contributed by atoms with Gasteiger partial charge in [0.1, 0.15) is 5.75 Å². The second-order valence-electron chi connectivity index (χ2n) is 8.29. The number of carbonyl (C=O) groups excluding carboxylic acids is 1. The molecule has 1 fully saturated rings. The van der Waals surface area contributed by atoms with Crippen LogP contribution in [0, 0.1) is 11.8 Å². The fourth-order valence-corrected chi connectivity index (χ4v) is 4.44. The topological polar surface area (TPSA) is 66.9 Å². The summed E-state index contributed by atoms with van der Waals surface area (Å²) in [6.07, 6.45) is 3.12. The summed E-state index contributed by atoms with van der Waals surface area (Å²) in [5.41, 5.74) is 0. The van der Waals surface area contributed by atoms with E-state index in [-0.39, 0.29) is 16.8 Å². The molecular formula is C21H34N2O4S. The highest BCUT2D eigenvalue weighted by Gasteiger charge is 2.29. The number of hydrogen-bond donors (Lipinski definition) is 0. The standard InChI is InChI=1S/C21H34N2O4S/c1-16-12-17(2)15-23(14-16)21(24)18(3)22(4)10-7-11-27-19-8-6-9-20(13-19)28(5,25)26/h6,8-9,13,16-18H,7,10-12,14-15H2,1-5H3. The Morgan fingerprint density at radius 1 is 1.29 bits per heavy atom. The van der Waals surface area contributed by atoms with Crippen LogP contribution >= 0.6 is 0 Å². The Balaban J connectivity index is 1.79. The zero-order valence-corrected chi connectivity index (χ0v) is 18.5. The van der Waals surface area contributed by atoms with Crippen molar-refractivity contribution in [3.8, 4) is 5.75 Å². The number of carbonyl (C=O) groups is 1. The van der Waals surface area contributed by atoms with Gasteiger partial charge in [0.2, 0.25) is 5.91 Å². The van der Waals surface area contributed by atoms with Crippen LogP contribution in [0.4, 0.5) is 0 Å². The van der Waals surface area contributed by atoms with Gasteiger partial charge in [-0.2, -0.15) is 0 Å². The monoisotopic (exact) mass is 410 g/mol. The minimum absolute atomic E-state index is 0.161. The second kappa shape index (κ2) is 9.74. The molecule has 0 spiro atoms. The zero-order valence-electron chi connectivity index (χ0n) is 17.7. The van der Waals surface area contributed by atoms with Crippen LogP contribution < -0.4 is 4.74 Å². The molecule has 0 N–H and O–H groups in total. The molecule has 0 aliphatic carbocycles. The molecule has 1 aromatic rings. The van der Waals surface area contributed by atoms with Crippen molar-refractivity contribution in [2.75, 3.05) is 39.5 Å². The largest absolute Gasteiger partial charge is 0.494 e. The summed E-state index contributed by atoms with van der Waals surface area (Å²) in [6.45, 7) is 9.28. The van der Waals surface area contributed by atoms with Gasteiger partial charge in [0.15, 0.2) is 9.84 Å². The molecule has 0 radical (unpaired) electrons. The molecule has 6 nitrogen and oxygen atoms in total. The zero-order chi connectivity index (χ0) is 20.9. The molecule has 1 heterocycles. The molecule has 158 valence electrons. The summed E-state index contributed by atoms with van der Waals surface area (Å²) in [5.74, 6) is 1.86. The maximum absolute atomic E-state index is 12.8. The summed E-state index contributed by atoms with van der Waals surface area (Å²) in [5, 5.41) is 0. The van der Waals surface area contributed by atoms with Crippen molar-refractivity contribution in [3.05, 3.63) is 24.3 Å². The number of likely N-dealkylation sites (N-methyl/N-ethyl adjacent to an activating group) is 1. The van der Waals surface area contributed by atoms with Crippen LogP contribution in [0.5, 0.6) is 5.75 Å². The normalized spacial score (nSPS) is 21.6. The van der Waals surface area contributed by atoms with E-state index in [0.29, 0.717) is 24.2 Å². The summed E-state index contributed by atoms with van der Waals surface area (Å²) in [4.78, 5) is 17.1. The molecule has 7 heteroatoms. The lowest BCUT2D eigenvalue weighted by Crippen LogP contribution is -2.50. The molecule has 1 aliphatic rings. The minimum atomic E-state index is -3.24. The third-order valence-electron chi connectivity index (χ3n) is 5.36. The SMILES string of the molecule is CC1CC(C)CN(C(=O)C(C)N(C)CCCOc2cccc(S(C)(=O)=O)c2)C1. The number of nitrogens with zero attached hydrogens (tertiary/aromatic N) is 2. The van der Waals surface area contributed by atoms with Gasteiger partial charge >= 0.3 is 0 Å². The van der Waals surface area contributed by atoms with Gasteiger partial charge in [0.25, 0.3) is 0 Å². The average molecular weight is 411 g/mol. The van der Waals surface area contributed by atoms with Gasteiger partial charge in [0, 0.05) is 25.9 Å². The lowest BCUT2D eigenvalue weighted by molar-refractivity contribution is -0.138. The first-order chi connectivity index (χ1) is 13.1. The van der Waals surface area contributed by atoms with Crippen LogP contribution in [0.25, 0.3) is 0 Å². The highest BCUT2D eigenvalue weighted by Crippen LogP contribution is 2.22. The van der Waals surface area contributed by atoms with Crippen molar-refractivity contribution >= 4 is 15.7 Å². The second-order valence-corrected chi connectivity index (χ2v) is 10.3. The van der Waals surface area contributed by atoms with Crippen LogP contribution in [0.3, 0.4) is 0 Å². The van der Waals surface area contributed by atoms with Crippen LogP contribution in [0.15, 0.2) is 29.2 Å². The van der Waals surface area contributed by atoms with Crippen LogP contribution in [0.1, 0.15) is 33.6 Å². The third-order valence-corrected chi connectivity index (χ3v) is 6.47. The predicted octanol–water partition coefficient (Wildman–Crippen LogP) is 2.68. The summed E-state index contributed by atoms with van der Waals surface area (Å²) >= 11 is 0. The van der Waals surface area contributed by atoms with Crippen molar-refractivity contribution in [1.82, 2.24) is 9.80 Å². The average Bonchev–Trinajstić information content (AvgIpc) is 2.62. The summed E-state index contributed by atoms with van der Waals surface area (Å²) in [6, 6.07) is 6.38. The third kappa shape index (κ3) is 6.48. The number of rotatable bonds is 8. The van der Waals surface area contributed by atoms with Crippen molar-refractivity contribution in [2.45, 2.75) is 44.6 Å². The Morgan fingerprint density at radius 2 is 1.93 bits per heavy atom. The molecule has 1 aliphatic heterocycles. The molecule has 3 atom stereocenters.